The molecule has 25 heavy (non-hydrogen) atoms. The van der Waals surface area contributed by atoms with E-state index in [4.69, 9.17) is 9.84 Å². The lowest BCUT2D eigenvalue weighted by Crippen LogP contribution is -2.43. The molecule has 2 N–H and O–H groups in total. The molecule has 0 spiro atoms. The Hall–Kier alpha value is -2.18. The van der Waals surface area contributed by atoms with E-state index in [1.807, 2.05) is 22.9 Å². The van der Waals surface area contributed by atoms with Crippen LogP contribution in [0.4, 0.5) is 0 Å². The number of aromatic nitrogens is 2. The van der Waals surface area contributed by atoms with Gasteiger partial charge in [-0.2, -0.15) is 5.10 Å². The van der Waals surface area contributed by atoms with Crippen LogP contribution in [0.3, 0.4) is 0 Å². The minimum atomic E-state index is -0.318. The van der Waals surface area contributed by atoms with Crippen LogP contribution in [0.1, 0.15) is 35.8 Å². The Morgan fingerprint density at radius 1 is 1.32 bits per heavy atom. The number of benzene rings is 1. The van der Waals surface area contributed by atoms with Crippen LogP contribution in [-0.2, 0) is 22.5 Å². The number of aliphatic hydroxyl groups is 1. The fourth-order valence-electron chi connectivity index (χ4n) is 3.48. The Morgan fingerprint density at radius 2 is 2.12 bits per heavy atom. The van der Waals surface area contributed by atoms with Crippen LogP contribution >= 0.6 is 0 Å². The third-order valence-electron chi connectivity index (χ3n) is 5.00. The first-order valence-corrected chi connectivity index (χ1v) is 8.86. The van der Waals surface area contributed by atoms with Crippen molar-refractivity contribution in [2.24, 2.45) is 5.92 Å². The summed E-state index contributed by atoms with van der Waals surface area (Å²) in [4.78, 5) is 12.1. The average molecular weight is 341 g/mol. The minimum absolute atomic E-state index is 0.00439. The maximum atomic E-state index is 12.1. The first kappa shape index (κ1) is 16.3. The normalized spacial score (nSPS) is 25.1. The zero-order valence-electron chi connectivity index (χ0n) is 14.1. The molecule has 1 fully saturated rings. The van der Waals surface area contributed by atoms with Crippen molar-refractivity contribution in [2.45, 2.75) is 38.0 Å². The van der Waals surface area contributed by atoms with Gasteiger partial charge in [0.2, 0.25) is 5.91 Å². The van der Waals surface area contributed by atoms with E-state index in [0.29, 0.717) is 26.0 Å². The molecule has 1 unspecified atom stereocenters. The molecule has 1 aromatic heterocycles. The molecule has 1 aliphatic heterocycles. The number of hydrogen-bond acceptors (Lipinski definition) is 4. The highest BCUT2D eigenvalue weighted by molar-refractivity contribution is 5.79. The summed E-state index contributed by atoms with van der Waals surface area (Å²) >= 11 is 0. The van der Waals surface area contributed by atoms with E-state index in [1.165, 1.54) is 11.1 Å². The van der Waals surface area contributed by atoms with Gasteiger partial charge in [-0.25, -0.2) is 0 Å². The third-order valence-corrected chi connectivity index (χ3v) is 5.00. The number of nitrogens with zero attached hydrogens (tertiary/aromatic N) is 2. The number of rotatable bonds is 5. The molecule has 0 radical (unpaired) electrons. The monoisotopic (exact) mass is 341 g/mol. The summed E-state index contributed by atoms with van der Waals surface area (Å²) in [7, 11) is 0. The molecule has 2 aromatic rings. The highest BCUT2D eigenvalue weighted by Gasteiger charge is 2.34. The lowest BCUT2D eigenvalue weighted by molar-refractivity contribution is -0.132. The number of hydrogen-bond donors (Lipinski definition) is 2. The number of nitrogens with one attached hydrogen (secondary N) is 1. The molecule has 1 aromatic carbocycles. The SMILES string of the molecule is O=C(NCC1OCCc2cn(Cc3ccccc3)nc21)C1CC(O)C1. The topological polar surface area (TPSA) is 76.4 Å². The van der Waals surface area contributed by atoms with E-state index in [0.717, 1.165) is 18.7 Å². The van der Waals surface area contributed by atoms with Gasteiger partial charge >= 0.3 is 0 Å². The van der Waals surface area contributed by atoms with Gasteiger partial charge < -0.3 is 15.2 Å². The number of carbonyl (C=O) groups is 1. The Balaban J connectivity index is 1.40. The fourth-order valence-corrected chi connectivity index (χ4v) is 3.48. The number of carbonyl (C=O) groups excluding carboxylic acids is 1. The molecule has 2 aliphatic rings. The van der Waals surface area contributed by atoms with E-state index < -0.39 is 0 Å². The number of aliphatic hydroxyl groups excluding tert-OH is 1. The predicted octanol–water partition coefficient (Wildman–Crippen LogP) is 1.43. The van der Waals surface area contributed by atoms with Crippen LogP contribution in [0, 0.1) is 5.92 Å². The predicted molar refractivity (Wildman–Crippen MR) is 91.9 cm³/mol. The Kier molecular flexibility index (Phi) is 4.55. The highest BCUT2D eigenvalue weighted by Crippen LogP contribution is 2.28. The second-order valence-electron chi connectivity index (χ2n) is 6.90. The molecule has 1 saturated carbocycles. The quantitative estimate of drug-likeness (QED) is 0.863. The van der Waals surface area contributed by atoms with Crippen LogP contribution in [-0.4, -0.2) is 40.0 Å². The summed E-state index contributed by atoms with van der Waals surface area (Å²) in [6, 6.07) is 10.2. The van der Waals surface area contributed by atoms with Gasteiger partial charge in [0.15, 0.2) is 0 Å². The molecule has 4 rings (SSSR count). The second kappa shape index (κ2) is 6.98. The fraction of sp³-hybridized carbons (Fsp3) is 0.474. The van der Waals surface area contributed by atoms with Crippen molar-refractivity contribution in [2.75, 3.05) is 13.2 Å². The first-order chi connectivity index (χ1) is 12.2. The number of amides is 1. The molecular formula is C19H23N3O3. The summed E-state index contributed by atoms with van der Waals surface area (Å²) in [5.41, 5.74) is 3.33. The molecule has 0 bridgehead atoms. The smallest absolute Gasteiger partial charge is 0.223 e. The van der Waals surface area contributed by atoms with Crippen molar-refractivity contribution in [1.29, 1.82) is 0 Å². The summed E-state index contributed by atoms with van der Waals surface area (Å²) in [6.45, 7) is 1.81. The van der Waals surface area contributed by atoms with Gasteiger partial charge in [0.25, 0.3) is 0 Å². The van der Waals surface area contributed by atoms with E-state index in [9.17, 15) is 9.90 Å². The highest BCUT2D eigenvalue weighted by atomic mass is 16.5. The maximum absolute atomic E-state index is 12.1. The van der Waals surface area contributed by atoms with E-state index in [2.05, 4.69) is 23.6 Å². The van der Waals surface area contributed by atoms with Gasteiger partial charge in [-0.05, 0) is 30.4 Å². The van der Waals surface area contributed by atoms with Gasteiger partial charge in [0.1, 0.15) is 6.10 Å². The Labute approximate surface area is 146 Å². The van der Waals surface area contributed by atoms with Crippen LogP contribution in [0.2, 0.25) is 0 Å². The molecular weight excluding hydrogens is 318 g/mol. The zero-order chi connectivity index (χ0) is 17.2. The molecule has 6 heteroatoms. The zero-order valence-corrected chi connectivity index (χ0v) is 14.1. The van der Waals surface area contributed by atoms with Crippen molar-refractivity contribution in [3.05, 3.63) is 53.3 Å². The molecule has 1 amide bonds. The molecule has 1 atom stereocenters. The molecule has 0 saturated heterocycles. The minimum Gasteiger partial charge on any atom is -0.393 e. The summed E-state index contributed by atoms with van der Waals surface area (Å²) < 4.78 is 7.78. The Bertz CT molecular complexity index is 738. The molecule has 132 valence electrons. The van der Waals surface area contributed by atoms with E-state index in [1.54, 1.807) is 0 Å². The lowest BCUT2D eigenvalue weighted by Gasteiger charge is -2.31. The average Bonchev–Trinajstić information content (AvgIpc) is 3.00. The van der Waals surface area contributed by atoms with Gasteiger partial charge in [-0.3, -0.25) is 9.48 Å². The summed E-state index contributed by atoms with van der Waals surface area (Å²) in [5.74, 6) is -0.0570. The third kappa shape index (κ3) is 3.60. The summed E-state index contributed by atoms with van der Waals surface area (Å²) in [6.07, 6.45) is 3.55. The van der Waals surface area contributed by atoms with E-state index in [-0.39, 0.29) is 24.0 Å². The largest absolute Gasteiger partial charge is 0.393 e. The van der Waals surface area contributed by atoms with Gasteiger partial charge in [0, 0.05) is 18.7 Å². The van der Waals surface area contributed by atoms with Crippen LogP contribution in [0.5, 0.6) is 0 Å². The standard InChI is InChI=1S/C19H23N3O3/c23-16-8-15(9-16)19(24)20-10-17-18-14(6-7-25-17)12-22(21-18)11-13-4-2-1-3-5-13/h1-5,12,15-17,23H,6-11H2,(H,20,24). The van der Waals surface area contributed by atoms with Gasteiger partial charge in [0.05, 0.1) is 24.9 Å². The molecule has 2 heterocycles. The molecule has 6 nitrogen and oxygen atoms in total. The van der Waals surface area contributed by atoms with Gasteiger partial charge in [-0.1, -0.05) is 30.3 Å². The number of fused-ring (bicyclic) bond motifs is 1. The van der Waals surface area contributed by atoms with Crippen molar-refractivity contribution in [3.8, 4) is 0 Å². The summed E-state index contributed by atoms with van der Waals surface area (Å²) in [5, 5.41) is 17.0. The number of ether oxygens (including phenoxy) is 1. The lowest BCUT2D eigenvalue weighted by atomic mass is 9.82. The first-order valence-electron chi connectivity index (χ1n) is 8.86. The van der Waals surface area contributed by atoms with Crippen molar-refractivity contribution in [3.63, 3.8) is 0 Å². The maximum Gasteiger partial charge on any atom is 0.223 e. The van der Waals surface area contributed by atoms with Gasteiger partial charge in [-0.15, -0.1) is 0 Å². The van der Waals surface area contributed by atoms with Crippen molar-refractivity contribution in [1.82, 2.24) is 15.1 Å². The molecule has 1 aliphatic carbocycles. The van der Waals surface area contributed by atoms with E-state index >= 15 is 0 Å². The second-order valence-corrected chi connectivity index (χ2v) is 6.90. The van der Waals surface area contributed by atoms with Crippen LogP contribution in [0.15, 0.2) is 36.5 Å². The van der Waals surface area contributed by atoms with Crippen molar-refractivity contribution < 1.29 is 14.6 Å². The van der Waals surface area contributed by atoms with Crippen LogP contribution < -0.4 is 5.32 Å². The Morgan fingerprint density at radius 3 is 2.88 bits per heavy atom. The van der Waals surface area contributed by atoms with Crippen LogP contribution in [0.25, 0.3) is 0 Å². The van der Waals surface area contributed by atoms with Crippen molar-refractivity contribution >= 4 is 5.91 Å².